The number of rotatable bonds is 7. The van der Waals surface area contributed by atoms with Crippen molar-refractivity contribution < 1.29 is 14.3 Å². The average molecular weight is 357 g/mol. The molecule has 0 saturated heterocycles. The van der Waals surface area contributed by atoms with Gasteiger partial charge in [0.15, 0.2) is 0 Å². The molecule has 0 spiro atoms. The van der Waals surface area contributed by atoms with Crippen molar-refractivity contribution >= 4 is 11.9 Å². The minimum atomic E-state index is -0.510. The van der Waals surface area contributed by atoms with Crippen LogP contribution in [0.15, 0.2) is 48.5 Å². The van der Waals surface area contributed by atoms with E-state index in [1.54, 1.807) is 6.07 Å². The van der Waals surface area contributed by atoms with Crippen molar-refractivity contribution in [1.82, 2.24) is 10.3 Å². The molecule has 0 atom stereocenters. The number of alkyl carbamates (subject to hydrolysis) is 1. The summed E-state index contributed by atoms with van der Waals surface area (Å²) in [7, 11) is 1.99. The van der Waals surface area contributed by atoms with Crippen molar-refractivity contribution in [3.05, 3.63) is 54.1 Å². The van der Waals surface area contributed by atoms with Gasteiger partial charge in [0.1, 0.15) is 18.0 Å². The number of carbonyl (C=O) groups is 1. The second-order valence-electron chi connectivity index (χ2n) is 6.95. The van der Waals surface area contributed by atoms with Gasteiger partial charge in [0.25, 0.3) is 0 Å². The standard InChI is InChI=1S/C20H27N3O3/c1-20(2,3)26-19(24)21-13-14-25-18-12-8-11-17(22-18)23(4)15-16-9-6-5-7-10-16/h5-12H,13-15H2,1-4H3,(H,21,24). The highest BCUT2D eigenvalue weighted by Gasteiger charge is 2.15. The molecule has 0 aliphatic rings. The van der Waals surface area contributed by atoms with E-state index in [1.807, 2.05) is 58.2 Å². The molecule has 0 unspecified atom stereocenters. The number of benzene rings is 1. The van der Waals surface area contributed by atoms with Gasteiger partial charge in [-0.15, -0.1) is 0 Å². The third-order valence-electron chi connectivity index (χ3n) is 3.38. The van der Waals surface area contributed by atoms with E-state index in [-0.39, 0.29) is 0 Å². The van der Waals surface area contributed by atoms with Crippen LogP contribution >= 0.6 is 0 Å². The smallest absolute Gasteiger partial charge is 0.407 e. The highest BCUT2D eigenvalue weighted by atomic mass is 16.6. The average Bonchev–Trinajstić information content (AvgIpc) is 2.58. The fourth-order valence-electron chi connectivity index (χ4n) is 2.26. The van der Waals surface area contributed by atoms with E-state index in [9.17, 15) is 4.79 Å². The lowest BCUT2D eigenvalue weighted by molar-refractivity contribution is 0.0520. The molecule has 1 aromatic carbocycles. The summed E-state index contributed by atoms with van der Waals surface area (Å²) in [4.78, 5) is 18.1. The van der Waals surface area contributed by atoms with E-state index < -0.39 is 11.7 Å². The Morgan fingerprint density at radius 2 is 1.85 bits per heavy atom. The van der Waals surface area contributed by atoms with Crippen molar-refractivity contribution in [3.63, 3.8) is 0 Å². The molecule has 6 heteroatoms. The summed E-state index contributed by atoms with van der Waals surface area (Å²) in [5, 5.41) is 2.66. The molecular formula is C20H27N3O3. The van der Waals surface area contributed by atoms with Crippen molar-refractivity contribution in [1.29, 1.82) is 0 Å². The number of hydrogen-bond donors (Lipinski definition) is 1. The Morgan fingerprint density at radius 3 is 2.54 bits per heavy atom. The molecule has 6 nitrogen and oxygen atoms in total. The van der Waals surface area contributed by atoms with Crippen LogP contribution in [-0.4, -0.2) is 36.9 Å². The Bertz CT molecular complexity index is 699. The summed E-state index contributed by atoms with van der Waals surface area (Å²) in [6, 6.07) is 15.9. The summed E-state index contributed by atoms with van der Waals surface area (Å²) >= 11 is 0. The van der Waals surface area contributed by atoms with E-state index in [0.717, 1.165) is 12.4 Å². The summed E-state index contributed by atoms with van der Waals surface area (Å²) < 4.78 is 10.8. The Labute approximate surface area is 155 Å². The largest absolute Gasteiger partial charge is 0.476 e. The van der Waals surface area contributed by atoms with Crippen LogP contribution in [-0.2, 0) is 11.3 Å². The minimum absolute atomic E-state index is 0.318. The first-order chi connectivity index (χ1) is 12.3. The SMILES string of the molecule is CN(Cc1ccccc1)c1cccc(OCCNC(=O)OC(C)(C)C)n1. The Kier molecular flexibility index (Phi) is 6.83. The summed E-state index contributed by atoms with van der Waals surface area (Å²) in [5.41, 5.74) is 0.703. The molecule has 0 bridgehead atoms. The number of amides is 1. The first kappa shape index (κ1) is 19.6. The number of nitrogens with zero attached hydrogens (tertiary/aromatic N) is 2. The van der Waals surface area contributed by atoms with Gasteiger partial charge in [0, 0.05) is 19.7 Å². The molecule has 2 rings (SSSR count). The van der Waals surface area contributed by atoms with E-state index in [1.165, 1.54) is 5.56 Å². The molecule has 1 heterocycles. The molecular weight excluding hydrogens is 330 g/mol. The number of aromatic nitrogens is 1. The van der Waals surface area contributed by atoms with Gasteiger partial charge in [0.2, 0.25) is 5.88 Å². The van der Waals surface area contributed by atoms with Gasteiger partial charge in [0.05, 0.1) is 6.54 Å². The minimum Gasteiger partial charge on any atom is -0.476 e. The number of nitrogens with one attached hydrogen (secondary N) is 1. The topological polar surface area (TPSA) is 63.7 Å². The highest BCUT2D eigenvalue weighted by molar-refractivity contribution is 5.67. The molecule has 0 saturated carbocycles. The van der Waals surface area contributed by atoms with Gasteiger partial charge in [-0.25, -0.2) is 4.79 Å². The van der Waals surface area contributed by atoms with Crippen LogP contribution in [0.3, 0.4) is 0 Å². The van der Waals surface area contributed by atoms with Crippen LogP contribution in [0.1, 0.15) is 26.3 Å². The maximum absolute atomic E-state index is 11.6. The second-order valence-corrected chi connectivity index (χ2v) is 6.95. The zero-order chi connectivity index (χ0) is 19.0. The van der Waals surface area contributed by atoms with Crippen molar-refractivity contribution in [2.24, 2.45) is 0 Å². The second kappa shape index (κ2) is 9.08. The monoisotopic (exact) mass is 357 g/mol. The van der Waals surface area contributed by atoms with Gasteiger partial charge in [-0.3, -0.25) is 0 Å². The number of anilines is 1. The fraction of sp³-hybridized carbons (Fsp3) is 0.400. The van der Waals surface area contributed by atoms with E-state index in [2.05, 4.69) is 27.3 Å². The van der Waals surface area contributed by atoms with Crippen molar-refractivity contribution in [3.8, 4) is 5.88 Å². The predicted octanol–water partition coefficient (Wildman–Crippen LogP) is 3.62. The molecule has 1 N–H and O–H groups in total. The first-order valence-corrected chi connectivity index (χ1v) is 8.65. The predicted molar refractivity (Wildman–Crippen MR) is 103 cm³/mol. The molecule has 0 aliphatic carbocycles. The summed E-state index contributed by atoms with van der Waals surface area (Å²) in [5.74, 6) is 1.35. The molecule has 0 radical (unpaired) electrons. The van der Waals surface area contributed by atoms with Crippen LogP contribution in [0.2, 0.25) is 0 Å². The number of pyridine rings is 1. The number of ether oxygens (including phenoxy) is 2. The van der Waals surface area contributed by atoms with E-state index in [4.69, 9.17) is 9.47 Å². The van der Waals surface area contributed by atoms with Crippen LogP contribution in [0.5, 0.6) is 5.88 Å². The highest BCUT2D eigenvalue weighted by Crippen LogP contribution is 2.16. The third-order valence-corrected chi connectivity index (χ3v) is 3.38. The molecule has 2 aromatic rings. The third kappa shape index (κ3) is 7.01. The van der Waals surface area contributed by atoms with Crippen LogP contribution in [0.4, 0.5) is 10.6 Å². The van der Waals surface area contributed by atoms with Gasteiger partial charge in [-0.05, 0) is 32.4 Å². The zero-order valence-corrected chi connectivity index (χ0v) is 15.9. The van der Waals surface area contributed by atoms with Crippen molar-refractivity contribution in [2.45, 2.75) is 32.9 Å². The van der Waals surface area contributed by atoms with Gasteiger partial charge < -0.3 is 19.7 Å². The maximum Gasteiger partial charge on any atom is 0.407 e. The fourth-order valence-corrected chi connectivity index (χ4v) is 2.26. The van der Waals surface area contributed by atoms with Crippen LogP contribution in [0, 0.1) is 0 Å². The first-order valence-electron chi connectivity index (χ1n) is 8.65. The normalized spacial score (nSPS) is 10.9. The maximum atomic E-state index is 11.6. The van der Waals surface area contributed by atoms with E-state index >= 15 is 0 Å². The van der Waals surface area contributed by atoms with Crippen LogP contribution in [0.25, 0.3) is 0 Å². The lowest BCUT2D eigenvalue weighted by Crippen LogP contribution is -2.34. The summed E-state index contributed by atoms with van der Waals surface area (Å²) in [6.45, 7) is 6.90. The quantitative estimate of drug-likeness (QED) is 0.767. The Morgan fingerprint density at radius 1 is 1.12 bits per heavy atom. The molecule has 0 aliphatic heterocycles. The molecule has 1 amide bonds. The lowest BCUT2D eigenvalue weighted by Gasteiger charge is -2.20. The van der Waals surface area contributed by atoms with Gasteiger partial charge in [-0.1, -0.05) is 36.4 Å². The molecule has 0 fully saturated rings. The Balaban J connectivity index is 1.80. The molecule has 1 aromatic heterocycles. The van der Waals surface area contributed by atoms with Gasteiger partial charge in [-0.2, -0.15) is 4.98 Å². The summed E-state index contributed by atoms with van der Waals surface area (Å²) in [6.07, 6.45) is -0.453. The number of hydrogen-bond acceptors (Lipinski definition) is 5. The lowest BCUT2D eigenvalue weighted by atomic mass is 10.2. The molecule has 140 valence electrons. The van der Waals surface area contributed by atoms with Crippen LogP contribution < -0.4 is 15.0 Å². The molecule has 26 heavy (non-hydrogen) atoms. The van der Waals surface area contributed by atoms with Gasteiger partial charge >= 0.3 is 6.09 Å². The number of carbonyl (C=O) groups excluding carboxylic acids is 1. The van der Waals surface area contributed by atoms with E-state index in [0.29, 0.717) is 19.0 Å². The zero-order valence-electron chi connectivity index (χ0n) is 15.9. The van der Waals surface area contributed by atoms with Crippen molar-refractivity contribution in [2.75, 3.05) is 25.1 Å². The Hall–Kier alpha value is -2.76.